The van der Waals surface area contributed by atoms with E-state index in [4.69, 9.17) is 5.26 Å². The van der Waals surface area contributed by atoms with Gasteiger partial charge < -0.3 is 10.6 Å². The number of amides is 2. The van der Waals surface area contributed by atoms with Crippen LogP contribution in [0.15, 0.2) is 60.8 Å². The van der Waals surface area contributed by atoms with Crippen LogP contribution in [-0.4, -0.2) is 16.8 Å². The highest BCUT2D eigenvalue weighted by Crippen LogP contribution is 2.27. The van der Waals surface area contributed by atoms with Gasteiger partial charge in [0.25, 0.3) is 11.8 Å². The second-order valence-electron chi connectivity index (χ2n) is 7.22. The lowest BCUT2D eigenvalue weighted by Gasteiger charge is -2.16. The Hall–Kier alpha value is -3.98. The topological polar surface area (TPSA) is 94.9 Å². The van der Waals surface area contributed by atoms with Crippen LogP contribution in [0.25, 0.3) is 0 Å². The first kappa shape index (κ1) is 20.7. The van der Waals surface area contributed by atoms with Crippen LogP contribution in [0.3, 0.4) is 0 Å². The highest BCUT2D eigenvalue weighted by molar-refractivity contribution is 6.08. The molecule has 6 heteroatoms. The van der Waals surface area contributed by atoms with E-state index in [1.54, 1.807) is 24.3 Å². The molecule has 0 bridgehead atoms. The molecule has 2 aromatic carbocycles. The van der Waals surface area contributed by atoms with Gasteiger partial charge in [-0.2, -0.15) is 5.26 Å². The minimum absolute atomic E-state index is 0.145. The number of para-hydroxylation sites is 1. The second-order valence-corrected chi connectivity index (χ2v) is 7.22. The summed E-state index contributed by atoms with van der Waals surface area (Å²) in [5, 5.41) is 14.7. The first-order chi connectivity index (χ1) is 14.4. The minimum atomic E-state index is -0.389. The lowest BCUT2D eigenvalue weighted by Crippen LogP contribution is -2.18. The lowest BCUT2D eigenvalue weighted by molar-refractivity contribution is 0.102. The van der Waals surface area contributed by atoms with Crippen molar-refractivity contribution in [2.24, 2.45) is 0 Å². The summed E-state index contributed by atoms with van der Waals surface area (Å²) in [5.74, 6) is -0.526. The van der Waals surface area contributed by atoms with E-state index in [2.05, 4.69) is 29.5 Å². The van der Waals surface area contributed by atoms with Gasteiger partial charge in [-0.15, -0.1) is 0 Å². The quantitative estimate of drug-likeness (QED) is 0.640. The number of nitrogens with zero attached hydrogens (tertiary/aromatic N) is 2. The molecule has 3 aromatic rings. The number of carbonyl (C=O) groups excluding carboxylic acids is 2. The van der Waals surface area contributed by atoms with E-state index in [-0.39, 0.29) is 23.4 Å². The van der Waals surface area contributed by atoms with Crippen LogP contribution < -0.4 is 10.6 Å². The predicted octanol–water partition coefficient (Wildman–Crippen LogP) is 4.89. The lowest BCUT2D eigenvalue weighted by atomic mass is 9.98. The fourth-order valence-corrected chi connectivity index (χ4v) is 3.09. The fraction of sp³-hybridized carbons (Fsp3) is 0.167. The van der Waals surface area contributed by atoms with Gasteiger partial charge in [-0.1, -0.05) is 38.1 Å². The second kappa shape index (κ2) is 9.01. The zero-order valence-electron chi connectivity index (χ0n) is 17.1. The number of hydrogen-bond donors (Lipinski definition) is 2. The smallest absolute Gasteiger partial charge is 0.274 e. The standard InChI is InChI=1S/C24H22N4O2/c1-15(2)20-9-4-6-16(3)22(20)28-24(30)21-13-18(10-11-26-21)23(29)27-19-8-5-7-17(12-19)14-25/h4-13,15H,1-3H3,(H,27,29)(H,28,30). The molecule has 0 aliphatic carbocycles. The Morgan fingerprint density at radius 3 is 2.50 bits per heavy atom. The van der Waals surface area contributed by atoms with Crippen LogP contribution in [0.1, 0.15) is 57.3 Å². The highest BCUT2D eigenvalue weighted by atomic mass is 16.2. The molecule has 6 nitrogen and oxygen atoms in total. The van der Waals surface area contributed by atoms with E-state index >= 15 is 0 Å². The first-order valence-corrected chi connectivity index (χ1v) is 9.57. The number of aryl methyl sites for hydroxylation is 1. The summed E-state index contributed by atoms with van der Waals surface area (Å²) in [5.41, 5.74) is 4.15. The van der Waals surface area contributed by atoms with Gasteiger partial charge in [0, 0.05) is 23.1 Å². The highest BCUT2D eigenvalue weighted by Gasteiger charge is 2.16. The molecule has 30 heavy (non-hydrogen) atoms. The van der Waals surface area contributed by atoms with Gasteiger partial charge in [0.1, 0.15) is 5.69 Å². The summed E-state index contributed by atoms with van der Waals surface area (Å²) >= 11 is 0. The number of carbonyl (C=O) groups is 2. The maximum absolute atomic E-state index is 12.8. The molecule has 0 unspecified atom stereocenters. The number of anilines is 2. The van der Waals surface area contributed by atoms with Crippen molar-refractivity contribution < 1.29 is 9.59 Å². The van der Waals surface area contributed by atoms with E-state index in [1.165, 1.54) is 18.3 Å². The molecule has 3 rings (SSSR count). The summed E-state index contributed by atoms with van der Waals surface area (Å²) in [7, 11) is 0. The SMILES string of the molecule is Cc1cccc(C(C)C)c1NC(=O)c1cc(C(=O)Nc2cccc(C#N)c2)ccn1. The fourth-order valence-electron chi connectivity index (χ4n) is 3.09. The summed E-state index contributed by atoms with van der Waals surface area (Å²) in [6, 6.07) is 17.5. The number of rotatable bonds is 5. The van der Waals surface area contributed by atoms with Crippen LogP contribution in [0.5, 0.6) is 0 Å². The molecule has 2 amide bonds. The molecule has 1 aromatic heterocycles. The molecule has 1 heterocycles. The first-order valence-electron chi connectivity index (χ1n) is 9.57. The zero-order chi connectivity index (χ0) is 21.7. The Kier molecular flexibility index (Phi) is 6.23. The average molecular weight is 398 g/mol. The van der Waals surface area contributed by atoms with Crippen LogP contribution in [0.4, 0.5) is 11.4 Å². The average Bonchev–Trinajstić information content (AvgIpc) is 2.75. The van der Waals surface area contributed by atoms with Crippen LogP contribution in [0, 0.1) is 18.3 Å². The molecular formula is C24H22N4O2. The molecule has 0 aliphatic heterocycles. The van der Waals surface area contributed by atoms with E-state index in [1.807, 2.05) is 31.2 Å². The Labute approximate surface area is 175 Å². The van der Waals surface area contributed by atoms with Gasteiger partial charge in [0.05, 0.1) is 11.6 Å². The van der Waals surface area contributed by atoms with E-state index in [0.717, 1.165) is 16.8 Å². The van der Waals surface area contributed by atoms with Crippen molar-refractivity contribution in [3.05, 3.63) is 88.7 Å². The van der Waals surface area contributed by atoms with Crippen molar-refractivity contribution in [3.63, 3.8) is 0 Å². The number of aromatic nitrogens is 1. The molecule has 0 aliphatic rings. The molecule has 0 spiro atoms. The molecule has 0 fully saturated rings. The third-order valence-electron chi connectivity index (χ3n) is 4.67. The van der Waals surface area contributed by atoms with Gasteiger partial charge in [-0.05, 0) is 54.3 Å². The maximum atomic E-state index is 12.8. The van der Waals surface area contributed by atoms with Crippen molar-refractivity contribution in [2.75, 3.05) is 10.6 Å². The summed E-state index contributed by atoms with van der Waals surface area (Å²) < 4.78 is 0. The number of hydrogen-bond acceptors (Lipinski definition) is 4. The van der Waals surface area contributed by atoms with Crippen molar-refractivity contribution in [2.45, 2.75) is 26.7 Å². The van der Waals surface area contributed by atoms with Crippen LogP contribution in [0.2, 0.25) is 0 Å². The molecule has 150 valence electrons. The molecule has 2 N–H and O–H groups in total. The predicted molar refractivity (Wildman–Crippen MR) is 117 cm³/mol. The van der Waals surface area contributed by atoms with Gasteiger partial charge in [0.15, 0.2) is 0 Å². The molecule has 0 saturated heterocycles. The molecule has 0 atom stereocenters. The van der Waals surface area contributed by atoms with Crippen molar-refractivity contribution >= 4 is 23.2 Å². The van der Waals surface area contributed by atoms with Gasteiger partial charge in [0.2, 0.25) is 0 Å². The largest absolute Gasteiger partial charge is 0.322 e. The van der Waals surface area contributed by atoms with Gasteiger partial charge in [-0.3, -0.25) is 14.6 Å². The van der Waals surface area contributed by atoms with Gasteiger partial charge >= 0.3 is 0 Å². The third-order valence-corrected chi connectivity index (χ3v) is 4.67. The van der Waals surface area contributed by atoms with E-state index in [9.17, 15) is 9.59 Å². The number of nitriles is 1. The van der Waals surface area contributed by atoms with Crippen molar-refractivity contribution in [1.29, 1.82) is 5.26 Å². The van der Waals surface area contributed by atoms with E-state index in [0.29, 0.717) is 16.8 Å². The summed E-state index contributed by atoms with van der Waals surface area (Å²) in [4.78, 5) is 29.5. The zero-order valence-corrected chi connectivity index (χ0v) is 17.1. The Balaban J connectivity index is 1.81. The maximum Gasteiger partial charge on any atom is 0.274 e. The number of pyridine rings is 1. The normalized spacial score (nSPS) is 10.4. The summed E-state index contributed by atoms with van der Waals surface area (Å²) in [6.07, 6.45) is 1.43. The van der Waals surface area contributed by atoms with Crippen molar-refractivity contribution in [1.82, 2.24) is 4.98 Å². The van der Waals surface area contributed by atoms with Gasteiger partial charge in [-0.25, -0.2) is 0 Å². The Morgan fingerprint density at radius 2 is 1.77 bits per heavy atom. The van der Waals surface area contributed by atoms with Crippen LogP contribution in [-0.2, 0) is 0 Å². The Bertz CT molecular complexity index is 1150. The number of nitrogens with one attached hydrogen (secondary N) is 2. The molecule has 0 saturated carbocycles. The monoisotopic (exact) mass is 398 g/mol. The summed E-state index contributed by atoms with van der Waals surface area (Å²) in [6.45, 7) is 6.07. The molecular weight excluding hydrogens is 376 g/mol. The molecule has 0 radical (unpaired) electrons. The minimum Gasteiger partial charge on any atom is -0.322 e. The number of benzene rings is 2. The Morgan fingerprint density at radius 1 is 1.00 bits per heavy atom. The van der Waals surface area contributed by atoms with Crippen molar-refractivity contribution in [3.8, 4) is 6.07 Å². The van der Waals surface area contributed by atoms with Crippen LogP contribution >= 0.6 is 0 Å². The third kappa shape index (κ3) is 4.70. The van der Waals surface area contributed by atoms with E-state index < -0.39 is 0 Å².